The van der Waals surface area contributed by atoms with Crippen LogP contribution in [0.25, 0.3) is 11.1 Å². The molecule has 0 bridgehead atoms. The lowest BCUT2D eigenvalue weighted by Crippen LogP contribution is -2.18. The molecule has 4 aromatic rings. The first-order valence-corrected chi connectivity index (χ1v) is 11.5. The summed E-state index contributed by atoms with van der Waals surface area (Å²) in [5.41, 5.74) is 8.40. The Morgan fingerprint density at radius 1 is 0.677 bits per heavy atom. The lowest BCUT2D eigenvalue weighted by molar-refractivity contribution is 0.0964. The third-order valence-corrected chi connectivity index (χ3v) is 6.74. The minimum absolute atomic E-state index is 0.266. The van der Waals surface area contributed by atoms with Crippen LogP contribution in [-0.4, -0.2) is 5.78 Å². The Bertz CT molecular complexity index is 1210. The maximum absolute atomic E-state index is 12.5. The Balaban J connectivity index is 1.28. The molecule has 0 saturated heterocycles. The highest BCUT2D eigenvalue weighted by atomic mass is 79.9. The first kappa shape index (κ1) is 20.0. The van der Waals surface area contributed by atoms with Crippen LogP contribution in [0.1, 0.15) is 45.0 Å². The van der Waals surface area contributed by atoms with Gasteiger partial charge in [-0.2, -0.15) is 0 Å². The van der Waals surface area contributed by atoms with Crippen molar-refractivity contribution in [3.8, 4) is 11.1 Å². The van der Waals surface area contributed by atoms with Gasteiger partial charge in [0.1, 0.15) is 0 Å². The van der Waals surface area contributed by atoms with Crippen LogP contribution in [0, 0.1) is 0 Å². The highest BCUT2D eigenvalue weighted by Gasteiger charge is 2.25. The molecule has 4 aromatic carbocycles. The Morgan fingerprint density at radius 2 is 1.26 bits per heavy atom. The van der Waals surface area contributed by atoms with Gasteiger partial charge in [0.15, 0.2) is 5.78 Å². The molecule has 0 fully saturated rings. The average molecular weight is 467 g/mol. The van der Waals surface area contributed by atoms with Crippen molar-refractivity contribution in [2.45, 2.75) is 25.2 Å². The van der Waals surface area contributed by atoms with Crippen LogP contribution in [-0.2, 0) is 12.8 Å². The molecule has 0 spiro atoms. The summed E-state index contributed by atoms with van der Waals surface area (Å²) in [6, 6.07) is 34.1. The second kappa shape index (κ2) is 8.64. The zero-order chi connectivity index (χ0) is 21.2. The highest BCUT2D eigenvalue weighted by Crippen LogP contribution is 2.33. The standard InChI is InChI=1S/C29H23BrO/c30-27-15-13-23(14-16-27)22-9-5-20(6-10-22)17-21-7-11-24(12-8-21)26-18-25-3-1-2-4-28(25)29(31)19-26/h1-16,26H,17-19H2. The number of carbonyl (C=O) groups is 1. The molecule has 5 rings (SSSR count). The zero-order valence-electron chi connectivity index (χ0n) is 17.2. The van der Waals surface area contributed by atoms with Crippen molar-refractivity contribution in [2.75, 3.05) is 0 Å². The number of hydrogen-bond donors (Lipinski definition) is 0. The molecule has 2 heteroatoms. The average Bonchev–Trinajstić information content (AvgIpc) is 2.81. The van der Waals surface area contributed by atoms with Crippen molar-refractivity contribution in [3.63, 3.8) is 0 Å². The molecule has 0 aliphatic heterocycles. The van der Waals surface area contributed by atoms with Crippen LogP contribution in [0.2, 0.25) is 0 Å². The van der Waals surface area contributed by atoms with Crippen LogP contribution in [0.4, 0.5) is 0 Å². The van der Waals surface area contributed by atoms with E-state index in [9.17, 15) is 4.79 Å². The number of carbonyl (C=O) groups excluding carboxylic acids is 1. The van der Waals surface area contributed by atoms with Crippen molar-refractivity contribution in [3.05, 3.63) is 129 Å². The molecule has 0 saturated carbocycles. The van der Waals surface area contributed by atoms with E-state index >= 15 is 0 Å². The van der Waals surface area contributed by atoms with Crippen molar-refractivity contribution in [2.24, 2.45) is 0 Å². The Hall–Kier alpha value is -2.97. The molecule has 1 atom stereocenters. The van der Waals surface area contributed by atoms with E-state index in [1.165, 1.54) is 33.4 Å². The number of hydrogen-bond acceptors (Lipinski definition) is 1. The van der Waals surface area contributed by atoms with Crippen LogP contribution in [0.15, 0.2) is 102 Å². The monoisotopic (exact) mass is 466 g/mol. The van der Waals surface area contributed by atoms with E-state index in [-0.39, 0.29) is 11.7 Å². The van der Waals surface area contributed by atoms with Gasteiger partial charge < -0.3 is 0 Å². The van der Waals surface area contributed by atoms with Crippen LogP contribution < -0.4 is 0 Å². The Kier molecular flexibility index (Phi) is 5.57. The van der Waals surface area contributed by atoms with Crippen molar-refractivity contribution < 1.29 is 4.79 Å². The van der Waals surface area contributed by atoms with E-state index in [1.54, 1.807) is 0 Å². The molecule has 31 heavy (non-hydrogen) atoms. The number of fused-ring (bicyclic) bond motifs is 1. The summed E-state index contributed by atoms with van der Waals surface area (Å²) in [6.45, 7) is 0. The van der Waals surface area contributed by atoms with Crippen molar-refractivity contribution in [1.82, 2.24) is 0 Å². The number of benzene rings is 4. The van der Waals surface area contributed by atoms with Crippen LogP contribution in [0.5, 0.6) is 0 Å². The Morgan fingerprint density at radius 3 is 1.94 bits per heavy atom. The van der Waals surface area contributed by atoms with E-state index in [1.807, 2.05) is 18.2 Å². The number of rotatable bonds is 4. The highest BCUT2D eigenvalue weighted by molar-refractivity contribution is 9.10. The number of Topliss-reactive ketones (excluding diaryl/α,β-unsaturated/α-hetero) is 1. The minimum Gasteiger partial charge on any atom is -0.294 e. The molecule has 0 N–H and O–H groups in total. The molecule has 1 unspecified atom stereocenters. The summed E-state index contributed by atoms with van der Waals surface area (Å²) < 4.78 is 1.10. The van der Waals surface area contributed by atoms with Gasteiger partial charge in [0.05, 0.1) is 0 Å². The van der Waals surface area contributed by atoms with E-state index in [2.05, 4.69) is 94.8 Å². The molecular weight excluding hydrogens is 444 g/mol. The molecule has 1 aliphatic rings. The van der Waals surface area contributed by atoms with Gasteiger partial charge in [-0.1, -0.05) is 101 Å². The first-order chi connectivity index (χ1) is 15.2. The summed E-state index contributed by atoms with van der Waals surface area (Å²) in [5, 5.41) is 0. The smallest absolute Gasteiger partial charge is 0.163 e. The fourth-order valence-electron chi connectivity index (χ4n) is 4.48. The third-order valence-electron chi connectivity index (χ3n) is 6.21. The second-order valence-electron chi connectivity index (χ2n) is 8.31. The van der Waals surface area contributed by atoms with Gasteiger partial charge in [0.2, 0.25) is 0 Å². The lowest BCUT2D eigenvalue weighted by atomic mass is 9.79. The maximum Gasteiger partial charge on any atom is 0.163 e. The quantitative estimate of drug-likeness (QED) is 0.302. The van der Waals surface area contributed by atoms with Gasteiger partial charge in [-0.3, -0.25) is 4.79 Å². The molecule has 0 amide bonds. The van der Waals surface area contributed by atoms with Gasteiger partial charge >= 0.3 is 0 Å². The van der Waals surface area contributed by atoms with E-state index in [4.69, 9.17) is 0 Å². The van der Waals surface area contributed by atoms with E-state index in [0.29, 0.717) is 6.42 Å². The molecule has 0 radical (unpaired) electrons. The van der Waals surface area contributed by atoms with Crippen LogP contribution >= 0.6 is 15.9 Å². The molecule has 0 heterocycles. The van der Waals surface area contributed by atoms with E-state index in [0.717, 1.165) is 22.9 Å². The number of ketones is 1. The van der Waals surface area contributed by atoms with Gasteiger partial charge in [-0.05, 0) is 64.3 Å². The summed E-state index contributed by atoms with van der Waals surface area (Å²) in [6.07, 6.45) is 2.46. The van der Waals surface area contributed by atoms with Crippen molar-refractivity contribution in [1.29, 1.82) is 0 Å². The topological polar surface area (TPSA) is 17.1 Å². The molecule has 152 valence electrons. The third kappa shape index (κ3) is 4.40. The molecular formula is C29H23BrO. The Labute approximate surface area is 191 Å². The van der Waals surface area contributed by atoms with Gasteiger partial charge in [0.25, 0.3) is 0 Å². The first-order valence-electron chi connectivity index (χ1n) is 10.7. The summed E-state index contributed by atoms with van der Waals surface area (Å²) in [4.78, 5) is 12.5. The fourth-order valence-corrected chi connectivity index (χ4v) is 4.74. The predicted octanol–water partition coefficient (Wildman–Crippen LogP) is 7.62. The molecule has 0 aromatic heterocycles. The SMILES string of the molecule is O=C1CC(c2ccc(Cc3ccc(-c4ccc(Br)cc4)cc3)cc2)Cc2ccccc21. The lowest BCUT2D eigenvalue weighted by Gasteiger charge is -2.24. The summed E-state index contributed by atoms with van der Waals surface area (Å²) in [7, 11) is 0. The molecule has 1 nitrogen and oxygen atoms in total. The second-order valence-corrected chi connectivity index (χ2v) is 9.22. The normalized spacial score (nSPS) is 15.5. The largest absolute Gasteiger partial charge is 0.294 e. The zero-order valence-corrected chi connectivity index (χ0v) is 18.8. The van der Waals surface area contributed by atoms with Gasteiger partial charge in [-0.25, -0.2) is 0 Å². The summed E-state index contributed by atoms with van der Waals surface area (Å²) >= 11 is 3.49. The minimum atomic E-state index is 0.266. The van der Waals surface area contributed by atoms with Gasteiger partial charge in [-0.15, -0.1) is 0 Å². The predicted molar refractivity (Wildman–Crippen MR) is 131 cm³/mol. The van der Waals surface area contributed by atoms with E-state index < -0.39 is 0 Å². The fraction of sp³-hybridized carbons (Fsp3) is 0.138. The van der Waals surface area contributed by atoms with Crippen molar-refractivity contribution >= 4 is 21.7 Å². The maximum atomic E-state index is 12.5. The summed E-state index contributed by atoms with van der Waals surface area (Å²) in [5.74, 6) is 0.545. The number of halogens is 1. The van der Waals surface area contributed by atoms with Gasteiger partial charge in [0, 0.05) is 16.5 Å². The van der Waals surface area contributed by atoms with Crippen LogP contribution in [0.3, 0.4) is 0 Å². The molecule has 1 aliphatic carbocycles.